The molecule has 0 nitrogen and oxygen atoms in total. The highest BCUT2D eigenvalue weighted by atomic mass is 14.0. The van der Waals surface area contributed by atoms with Crippen molar-refractivity contribution in [1.29, 1.82) is 0 Å². The van der Waals surface area contributed by atoms with Crippen LogP contribution in [-0.4, -0.2) is 0 Å². The summed E-state index contributed by atoms with van der Waals surface area (Å²) in [5, 5.41) is 0. The molecule has 0 aromatic carbocycles. The molecule has 0 aliphatic rings. The second-order valence-corrected chi connectivity index (χ2v) is 3.68. The Kier molecular flexibility index (Phi) is 6.84. The smallest absolute Gasteiger partial charge is 0.0265 e. The van der Waals surface area contributed by atoms with Crippen LogP contribution in [0.1, 0.15) is 40.0 Å². The lowest BCUT2D eigenvalue weighted by Gasteiger charge is -2.04. The van der Waals surface area contributed by atoms with Crippen LogP contribution in [0.4, 0.5) is 0 Å². The van der Waals surface area contributed by atoms with Crippen LogP contribution in [0.25, 0.3) is 0 Å². The topological polar surface area (TPSA) is 0 Å². The van der Waals surface area contributed by atoms with E-state index in [9.17, 15) is 0 Å². The first-order valence-corrected chi connectivity index (χ1v) is 4.98. The Morgan fingerprint density at radius 3 is 2.42 bits per heavy atom. The molecule has 0 aliphatic heterocycles. The van der Waals surface area contributed by atoms with Gasteiger partial charge < -0.3 is 0 Å². The van der Waals surface area contributed by atoms with Crippen LogP contribution >= 0.6 is 0 Å². The summed E-state index contributed by atoms with van der Waals surface area (Å²) in [6.45, 7) is 10.5. The van der Waals surface area contributed by atoms with E-state index in [-0.39, 0.29) is 0 Å². The van der Waals surface area contributed by atoms with Gasteiger partial charge >= 0.3 is 0 Å². The van der Waals surface area contributed by atoms with E-state index in [2.05, 4.69) is 39.5 Å². The zero-order valence-electron chi connectivity index (χ0n) is 8.72. The Bertz CT molecular complexity index is 133. The van der Waals surface area contributed by atoms with Gasteiger partial charge in [-0.2, -0.15) is 0 Å². The van der Waals surface area contributed by atoms with Gasteiger partial charge in [-0.05, 0) is 24.7 Å². The van der Waals surface area contributed by atoms with E-state index in [1.807, 2.05) is 6.08 Å². The molecule has 0 radical (unpaired) electrons. The minimum atomic E-state index is 0.737. The van der Waals surface area contributed by atoms with Crippen molar-refractivity contribution < 1.29 is 0 Å². The highest BCUT2D eigenvalue weighted by molar-refractivity contribution is 4.88. The number of allylic oxidation sites excluding steroid dienone is 3. The summed E-state index contributed by atoms with van der Waals surface area (Å²) in [5.41, 5.74) is 0. The first-order valence-electron chi connectivity index (χ1n) is 4.98. The van der Waals surface area contributed by atoms with Crippen molar-refractivity contribution in [1.82, 2.24) is 0 Å². The van der Waals surface area contributed by atoms with Gasteiger partial charge in [-0.1, -0.05) is 45.4 Å². The molecular formula is C12H22. The van der Waals surface area contributed by atoms with E-state index in [4.69, 9.17) is 0 Å². The average molecular weight is 166 g/mol. The van der Waals surface area contributed by atoms with Gasteiger partial charge in [0, 0.05) is 0 Å². The Morgan fingerprint density at radius 2 is 1.92 bits per heavy atom. The highest BCUT2D eigenvalue weighted by Gasteiger charge is 1.96. The molecule has 0 fully saturated rings. The Balaban J connectivity index is 3.51. The number of rotatable bonds is 6. The number of hydrogen-bond donors (Lipinski definition) is 0. The molecule has 2 atom stereocenters. The van der Waals surface area contributed by atoms with Gasteiger partial charge in [0.2, 0.25) is 0 Å². The quantitative estimate of drug-likeness (QED) is 0.519. The molecular weight excluding hydrogens is 144 g/mol. The van der Waals surface area contributed by atoms with Crippen molar-refractivity contribution in [3.63, 3.8) is 0 Å². The lowest BCUT2D eigenvalue weighted by molar-refractivity contribution is 0.598. The van der Waals surface area contributed by atoms with Gasteiger partial charge in [-0.3, -0.25) is 0 Å². The monoisotopic (exact) mass is 166 g/mol. The lowest BCUT2D eigenvalue weighted by Crippen LogP contribution is -1.90. The van der Waals surface area contributed by atoms with Crippen molar-refractivity contribution in [2.45, 2.75) is 40.0 Å². The van der Waals surface area contributed by atoms with Crippen LogP contribution in [0.2, 0.25) is 0 Å². The normalized spacial score (nSPS) is 16.2. The lowest BCUT2D eigenvalue weighted by atomic mass is 10.0. The maximum atomic E-state index is 3.74. The van der Waals surface area contributed by atoms with Crippen molar-refractivity contribution in [3.05, 3.63) is 24.8 Å². The zero-order chi connectivity index (χ0) is 9.40. The first kappa shape index (κ1) is 11.5. The molecule has 70 valence electrons. The third-order valence-corrected chi connectivity index (χ3v) is 2.22. The van der Waals surface area contributed by atoms with Crippen LogP contribution in [0, 0.1) is 11.8 Å². The second-order valence-electron chi connectivity index (χ2n) is 3.68. The van der Waals surface area contributed by atoms with Gasteiger partial charge in [0.15, 0.2) is 0 Å². The van der Waals surface area contributed by atoms with Gasteiger partial charge in [-0.25, -0.2) is 0 Å². The van der Waals surface area contributed by atoms with Crippen molar-refractivity contribution in [2.75, 3.05) is 0 Å². The molecule has 0 N–H and O–H groups in total. The summed E-state index contributed by atoms with van der Waals surface area (Å²) < 4.78 is 0. The molecule has 0 aromatic heterocycles. The molecule has 12 heavy (non-hydrogen) atoms. The molecule has 0 aliphatic carbocycles. The predicted molar refractivity (Wildman–Crippen MR) is 57.2 cm³/mol. The van der Waals surface area contributed by atoms with Crippen LogP contribution < -0.4 is 0 Å². The summed E-state index contributed by atoms with van der Waals surface area (Å²) >= 11 is 0. The molecule has 0 bridgehead atoms. The Labute approximate surface area is 77.4 Å². The molecule has 0 rings (SSSR count). The number of hydrogen-bond acceptors (Lipinski definition) is 0. The van der Waals surface area contributed by atoms with E-state index in [0.29, 0.717) is 0 Å². The fourth-order valence-electron chi connectivity index (χ4n) is 1.06. The molecule has 0 heterocycles. The largest absolute Gasteiger partial charge is 0.103 e. The molecule has 0 heteroatoms. The Hall–Kier alpha value is -0.520. The van der Waals surface area contributed by atoms with Gasteiger partial charge in [0.25, 0.3) is 0 Å². The standard InChI is InChI=1S/C12H22/c1-5-8-12(4)10-7-9-11(3)6-2/h5,7,9,11-12H,1,6,8,10H2,2-4H3. The molecule has 2 unspecified atom stereocenters. The maximum absolute atomic E-state index is 3.74. The summed E-state index contributed by atoms with van der Waals surface area (Å²) in [5.74, 6) is 1.49. The molecule has 0 amide bonds. The second kappa shape index (κ2) is 7.15. The van der Waals surface area contributed by atoms with Crippen molar-refractivity contribution in [2.24, 2.45) is 11.8 Å². The zero-order valence-corrected chi connectivity index (χ0v) is 8.72. The summed E-state index contributed by atoms with van der Waals surface area (Å²) in [4.78, 5) is 0. The summed E-state index contributed by atoms with van der Waals surface area (Å²) in [6, 6.07) is 0. The van der Waals surface area contributed by atoms with Crippen molar-refractivity contribution >= 4 is 0 Å². The van der Waals surface area contributed by atoms with E-state index in [1.165, 1.54) is 12.8 Å². The maximum Gasteiger partial charge on any atom is -0.0265 e. The summed E-state index contributed by atoms with van der Waals surface area (Å²) in [7, 11) is 0. The molecule has 0 saturated heterocycles. The fourth-order valence-corrected chi connectivity index (χ4v) is 1.06. The van der Waals surface area contributed by atoms with Gasteiger partial charge in [0.05, 0.1) is 0 Å². The third kappa shape index (κ3) is 6.21. The summed E-state index contributed by atoms with van der Waals surface area (Å²) in [6.07, 6.45) is 10.2. The third-order valence-electron chi connectivity index (χ3n) is 2.22. The minimum absolute atomic E-state index is 0.737. The van der Waals surface area contributed by atoms with E-state index in [0.717, 1.165) is 18.3 Å². The van der Waals surface area contributed by atoms with Gasteiger partial charge in [0.1, 0.15) is 0 Å². The highest BCUT2D eigenvalue weighted by Crippen LogP contribution is 2.10. The van der Waals surface area contributed by atoms with Crippen LogP contribution in [0.3, 0.4) is 0 Å². The fraction of sp³-hybridized carbons (Fsp3) is 0.667. The van der Waals surface area contributed by atoms with E-state index in [1.54, 1.807) is 0 Å². The van der Waals surface area contributed by atoms with Crippen molar-refractivity contribution in [3.8, 4) is 0 Å². The molecule has 0 aromatic rings. The van der Waals surface area contributed by atoms with Crippen LogP contribution in [0.5, 0.6) is 0 Å². The van der Waals surface area contributed by atoms with Gasteiger partial charge in [-0.15, -0.1) is 6.58 Å². The van der Waals surface area contributed by atoms with E-state index < -0.39 is 0 Å². The molecule has 0 spiro atoms. The van der Waals surface area contributed by atoms with Crippen LogP contribution in [0.15, 0.2) is 24.8 Å². The van der Waals surface area contributed by atoms with Crippen LogP contribution in [-0.2, 0) is 0 Å². The van der Waals surface area contributed by atoms with E-state index >= 15 is 0 Å². The first-order chi connectivity index (χ1) is 5.70. The predicted octanol–water partition coefficient (Wildman–Crippen LogP) is 4.19. The minimum Gasteiger partial charge on any atom is -0.103 e. The Morgan fingerprint density at radius 1 is 1.25 bits per heavy atom. The molecule has 0 saturated carbocycles. The SMILES string of the molecule is C=CCC(C)CC=CC(C)CC. The average Bonchev–Trinajstić information content (AvgIpc) is 2.04.